The molecule has 6 heteroatoms. The fourth-order valence-corrected chi connectivity index (χ4v) is 1.88. The van der Waals surface area contributed by atoms with Gasteiger partial charge in [-0.1, -0.05) is 5.92 Å². The van der Waals surface area contributed by atoms with Crippen LogP contribution in [0.25, 0.3) is 0 Å². The summed E-state index contributed by atoms with van der Waals surface area (Å²) in [5, 5.41) is 11.7. The molecule has 1 fully saturated rings. The van der Waals surface area contributed by atoms with Gasteiger partial charge in [0.15, 0.2) is 17.4 Å². The molecule has 0 aromatic heterocycles. The minimum Gasteiger partial charge on any atom is -0.475 e. The molecule has 0 heterocycles. The predicted octanol–water partition coefficient (Wildman–Crippen LogP) is 1.48. The van der Waals surface area contributed by atoms with Gasteiger partial charge in [-0.15, -0.1) is 6.42 Å². The van der Waals surface area contributed by atoms with Crippen LogP contribution in [0.3, 0.4) is 0 Å². The van der Waals surface area contributed by atoms with E-state index in [1.165, 1.54) is 0 Å². The van der Waals surface area contributed by atoms with Gasteiger partial charge in [0, 0.05) is 17.5 Å². The van der Waals surface area contributed by atoms with E-state index in [1.807, 2.05) is 0 Å². The van der Waals surface area contributed by atoms with Gasteiger partial charge in [-0.2, -0.15) is 0 Å². The standard InChI is InChI=1S/C15H15F2NO3/c1-2-5-21-13-11(16)6-10(7-12(13)17)14(20)18-8-15(9-19)3-4-15/h1,6-7,19H,3-5,8-9H2,(H,18,20). The summed E-state index contributed by atoms with van der Waals surface area (Å²) < 4.78 is 32.1. The first-order valence-corrected chi connectivity index (χ1v) is 6.46. The zero-order chi connectivity index (χ0) is 15.5. The number of halogens is 2. The minimum atomic E-state index is -0.987. The highest BCUT2D eigenvalue weighted by atomic mass is 19.1. The van der Waals surface area contributed by atoms with E-state index in [4.69, 9.17) is 16.3 Å². The molecule has 1 aromatic rings. The molecule has 4 nitrogen and oxygen atoms in total. The number of hydrogen-bond acceptors (Lipinski definition) is 3. The topological polar surface area (TPSA) is 58.6 Å². The van der Waals surface area contributed by atoms with Gasteiger partial charge in [-0.25, -0.2) is 8.78 Å². The second-order valence-corrected chi connectivity index (χ2v) is 5.10. The maximum Gasteiger partial charge on any atom is 0.251 e. The highest BCUT2D eigenvalue weighted by molar-refractivity contribution is 5.94. The Kier molecular flexibility index (Phi) is 4.43. The lowest BCUT2D eigenvalue weighted by atomic mass is 10.1. The molecule has 0 spiro atoms. The van der Waals surface area contributed by atoms with Crippen LogP contribution >= 0.6 is 0 Å². The number of nitrogens with one attached hydrogen (secondary N) is 1. The first-order chi connectivity index (χ1) is 10.0. The van der Waals surface area contributed by atoms with Crippen LogP contribution in [0.2, 0.25) is 0 Å². The summed E-state index contributed by atoms with van der Waals surface area (Å²) in [6, 6.07) is 1.78. The van der Waals surface area contributed by atoms with Crippen LogP contribution in [0.1, 0.15) is 23.2 Å². The minimum absolute atomic E-state index is 0.0190. The van der Waals surface area contributed by atoms with Crippen LogP contribution in [0.15, 0.2) is 12.1 Å². The molecule has 1 amide bonds. The average Bonchev–Trinajstić information content (AvgIpc) is 3.24. The van der Waals surface area contributed by atoms with Crippen LogP contribution in [-0.2, 0) is 0 Å². The molecule has 0 atom stereocenters. The van der Waals surface area contributed by atoms with Gasteiger partial charge in [0.1, 0.15) is 6.61 Å². The first kappa shape index (κ1) is 15.3. The van der Waals surface area contributed by atoms with Crippen LogP contribution in [0.4, 0.5) is 8.78 Å². The van der Waals surface area contributed by atoms with E-state index in [0.717, 1.165) is 25.0 Å². The van der Waals surface area contributed by atoms with E-state index in [2.05, 4.69) is 11.2 Å². The number of hydrogen-bond donors (Lipinski definition) is 2. The molecule has 1 saturated carbocycles. The van der Waals surface area contributed by atoms with Crippen molar-refractivity contribution >= 4 is 5.91 Å². The van der Waals surface area contributed by atoms with Crippen molar-refractivity contribution < 1.29 is 23.4 Å². The third-order valence-corrected chi connectivity index (χ3v) is 3.48. The van der Waals surface area contributed by atoms with Crippen molar-refractivity contribution in [3.8, 4) is 18.1 Å². The third kappa shape index (κ3) is 3.50. The van der Waals surface area contributed by atoms with Gasteiger partial charge in [0.25, 0.3) is 5.91 Å². The lowest BCUT2D eigenvalue weighted by Gasteiger charge is -2.13. The summed E-state index contributed by atoms with van der Waals surface area (Å²) in [7, 11) is 0. The molecule has 1 aliphatic rings. The number of amides is 1. The van der Waals surface area contributed by atoms with Crippen LogP contribution in [0.5, 0.6) is 5.75 Å². The molecule has 1 aliphatic carbocycles. The molecule has 0 unspecified atom stereocenters. The molecule has 0 aliphatic heterocycles. The van der Waals surface area contributed by atoms with Crippen LogP contribution in [-0.4, -0.2) is 30.8 Å². The van der Waals surface area contributed by atoms with E-state index in [0.29, 0.717) is 0 Å². The summed E-state index contributed by atoms with van der Waals surface area (Å²) in [6.45, 7) is -0.00577. The summed E-state index contributed by atoms with van der Waals surface area (Å²) >= 11 is 0. The van der Waals surface area contributed by atoms with E-state index in [1.54, 1.807) is 0 Å². The Labute approximate surface area is 121 Å². The maximum absolute atomic E-state index is 13.7. The number of benzene rings is 1. The molecular weight excluding hydrogens is 280 g/mol. The van der Waals surface area contributed by atoms with Crippen molar-refractivity contribution in [1.82, 2.24) is 5.32 Å². The Balaban J connectivity index is 2.06. The fraction of sp³-hybridized carbons (Fsp3) is 0.400. The number of aliphatic hydroxyl groups is 1. The van der Waals surface area contributed by atoms with E-state index < -0.39 is 23.3 Å². The van der Waals surface area contributed by atoms with Gasteiger partial charge in [-0.05, 0) is 25.0 Å². The van der Waals surface area contributed by atoms with Crippen molar-refractivity contribution in [3.63, 3.8) is 0 Å². The highest BCUT2D eigenvalue weighted by Crippen LogP contribution is 2.44. The Bertz CT molecular complexity index is 568. The second-order valence-electron chi connectivity index (χ2n) is 5.10. The number of terminal acetylenes is 1. The van der Waals surface area contributed by atoms with Crippen molar-refractivity contribution in [2.24, 2.45) is 5.41 Å². The molecule has 112 valence electrons. The number of carbonyl (C=O) groups is 1. The third-order valence-electron chi connectivity index (χ3n) is 3.48. The Morgan fingerprint density at radius 3 is 2.52 bits per heavy atom. The SMILES string of the molecule is C#CCOc1c(F)cc(C(=O)NCC2(CO)CC2)cc1F. The number of carbonyl (C=O) groups excluding carboxylic acids is 1. The largest absolute Gasteiger partial charge is 0.475 e. The molecular formula is C15H15F2NO3. The fourth-order valence-electron chi connectivity index (χ4n) is 1.88. The van der Waals surface area contributed by atoms with Crippen molar-refractivity contribution in [3.05, 3.63) is 29.3 Å². The zero-order valence-electron chi connectivity index (χ0n) is 11.3. The molecule has 2 rings (SSSR count). The normalized spacial score (nSPS) is 15.1. The van der Waals surface area contributed by atoms with Crippen molar-refractivity contribution in [2.45, 2.75) is 12.8 Å². The smallest absolute Gasteiger partial charge is 0.251 e. The molecule has 2 N–H and O–H groups in total. The molecule has 1 aromatic carbocycles. The molecule has 0 saturated heterocycles. The Hall–Kier alpha value is -2.13. The van der Waals surface area contributed by atoms with E-state index in [-0.39, 0.29) is 30.7 Å². The maximum atomic E-state index is 13.7. The number of rotatable bonds is 6. The molecule has 21 heavy (non-hydrogen) atoms. The first-order valence-electron chi connectivity index (χ1n) is 6.46. The van der Waals surface area contributed by atoms with Gasteiger partial charge >= 0.3 is 0 Å². The van der Waals surface area contributed by atoms with E-state index in [9.17, 15) is 13.6 Å². The summed E-state index contributed by atoms with van der Waals surface area (Å²) in [5.41, 5.74) is -0.422. The molecule has 0 radical (unpaired) electrons. The second kappa shape index (κ2) is 6.10. The quantitative estimate of drug-likeness (QED) is 0.782. The summed E-state index contributed by atoms with van der Waals surface area (Å²) in [6.07, 6.45) is 6.60. The Morgan fingerprint density at radius 2 is 2.05 bits per heavy atom. The Morgan fingerprint density at radius 1 is 1.43 bits per heavy atom. The van der Waals surface area contributed by atoms with Crippen molar-refractivity contribution in [1.29, 1.82) is 0 Å². The monoisotopic (exact) mass is 295 g/mol. The number of aliphatic hydroxyl groups excluding tert-OH is 1. The summed E-state index contributed by atoms with van der Waals surface area (Å²) in [5.74, 6) is -1.07. The van der Waals surface area contributed by atoms with Crippen molar-refractivity contribution in [2.75, 3.05) is 19.8 Å². The highest BCUT2D eigenvalue weighted by Gasteiger charge is 2.42. The van der Waals surface area contributed by atoms with Gasteiger partial charge in [-0.3, -0.25) is 4.79 Å². The van der Waals surface area contributed by atoms with Crippen LogP contribution < -0.4 is 10.1 Å². The lowest BCUT2D eigenvalue weighted by molar-refractivity contribution is 0.0934. The number of ether oxygens (including phenoxy) is 1. The lowest BCUT2D eigenvalue weighted by Crippen LogP contribution is -2.32. The van der Waals surface area contributed by atoms with Crippen LogP contribution in [0, 0.1) is 29.4 Å². The molecule has 0 bridgehead atoms. The summed E-state index contributed by atoms with van der Waals surface area (Å²) in [4.78, 5) is 11.9. The average molecular weight is 295 g/mol. The van der Waals surface area contributed by atoms with Gasteiger partial charge in [0.2, 0.25) is 0 Å². The van der Waals surface area contributed by atoms with Gasteiger partial charge < -0.3 is 15.2 Å². The predicted molar refractivity (Wildman–Crippen MR) is 71.8 cm³/mol. The van der Waals surface area contributed by atoms with E-state index >= 15 is 0 Å². The van der Waals surface area contributed by atoms with Gasteiger partial charge in [0.05, 0.1) is 6.61 Å². The zero-order valence-corrected chi connectivity index (χ0v) is 11.3.